The lowest BCUT2D eigenvalue weighted by molar-refractivity contribution is -0.173. The van der Waals surface area contributed by atoms with Crippen LogP contribution < -0.4 is 5.32 Å². The third kappa shape index (κ3) is 2.86. The van der Waals surface area contributed by atoms with Crippen LogP contribution >= 0.6 is 11.8 Å². The Balaban J connectivity index is 2.77. The molecular formula is C9H17NO5S. The minimum atomic E-state index is -1.20. The number of aliphatic hydroxyl groups is 3. The second-order valence-electron chi connectivity index (χ2n) is 3.67. The second kappa shape index (κ2) is 5.83. The number of nitrogens with one attached hydrogen (secondary N) is 1. The van der Waals surface area contributed by atoms with Gasteiger partial charge in [-0.25, -0.2) is 0 Å². The maximum atomic E-state index is 11.0. The summed E-state index contributed by atoms with van der Waals surface area (Å²) in [5, 5.41) is 31.0. The first-order valence-electron chi connectivity index (χ1n) is 4.93. The van der Waals surface area contributed by atoms with Gasteiger partial charge in [0.1, 0.15) is 23.7 Å². The van der Waals surface area contributed by atoms with Gasteiger partial charge in [0.15, 0.2) is 0 Å². The molecule has 6 nitrogen and oxygen atoms in total. The molecule has 1 aliphatic heterocycles. The summed E-state index contributed by atoms with van der Waals surface area (Å²) in [4.78, 5) is 11.0. The van der Waals surface area contributed by atoms with Crippen molar-refractivity contribution < 1.29 is 24.9 Å². The number of hydrogen-bond acceptors (Lipinski definition) is 6. The van der Waals surface area contributed by atoms with E-state index in [1.54, 1.807) is 6.26 Å². The first-order valence-corrected chi connectivity index (χ1v) is 6.22. The number of rotatable bonds is 3. The Hall–Kier alpha value is -0.340. The summed E-state index contributed by atoms with van der Waals surface area (Å²) in [6.07, 6.45) is -1.41. The summed E-state index contributed by atoms with van der Waals surface area (Å²) in [6, 6.07) is -0.676. The fraction of sp³-hybridized carbons (Fsp3) is 0.889. The highest BCUT2D eigenvalue weighted by molar-refractivity contribution is 7.99. The number of aliphatic hydroxyl groups excluding tert-OH is 3. The summed E-state index contributed by atoms with van der Waals surface area (Å²) < 4.78 is 5.37. The van der Waals surface area contributed by atoms with Crippen LogP contribution in [0, 0.1) is 0 Å². The van der Waals surface area contributed by atoms with Crippen LogP contribution in [-0.2, 0) is 9.53 Å². The maximum absolute atomic E-state index is 11.0. The Bertz CT molecular complexity index is 250. The summed E-state index contributed by atoms with van der Waals surface area (Å²) in [5.41, 5.74) is -0.487. The van der Waals surface area contributed by atoms with Gasteiger partial charge >= 0.3 is 0 Å². The molecule has 5 atom stereocenters. The lowest BCUT2D eigenvalue weighted by atomic mass is 9.98. The van der Waals surface area contributed by atoms with Gasteiger partial charge in [0.2, 0.25) is 5.91 Å². The Morgan fingerprint density at radius 1 is 1.44 bits per heavy atom. The smallest absolute Gasteiger partial charge is 0.217 e. The summed E-state index contributed by atoms with van der Waals surface area (Å²) >= 11 is 1.30. The van der Waals surface area contributed by atoms with Crippen LogP contribution in [0.3, 0.4) is 0 Å². The third-order valence-electron chi connectivity index (χ3n) is 2.48. The Kier molecular flexibility index (Phi) is 5.00. The van der Waals surface area contributed by atoms with Crippen LogP contribution in [0.4, 0.5) is 0 Å². The van der Waals surface area contributed by atoms with E-state index in [9.17, 15) is 15.0 Å². The van der Waals surface area contributed by atoms with Crippen LogP contribution in [0.15, 0.2) is 0 Å². The van der Waals surface area contributed by atoms with Crippen LogP contribution in [0.1, 0.15) is 6.92 Å². The molecule has 0 aromatic rings. The molecule has 4 N–H and O–H groups in total. The van der Waals surface area contributed by atoms with Gasteiger partial charge in [-0.2, -0.15) is 0 Å². The van der Waals surface area contributed by atoms with Gasteiger partial charge in [-0.3, -0.25) is 4.79 Å². The van der Waals surface area contributed by atoms with Crippen LogP contribution in [0.25, 0.3) is 0 Å². The fourth-order valence-electron chi connectivity index (χ4n) is 1.67. The SMILES string of the molecule is CSC1O[C@H](CO)[C@H](O)[C@H](O)[C@H]1NC(C)=O. The minimum absolute atomic E-state index is 0.304. The topological polar surface area (TPSA) is 99.0 Å². The molecule has 0 bridgehead atoms. The molecule has 0 spiro atoms. The van der Waals surface area contributed by atoms with Crippen molar-refractivity contribution in [1.29, 1.82) is 0 Å². The molecule has 94 valence electrons. The van der Waals surface area contributed by atoms with Crippen LogP contribution in [-0.4, -0.2) is 63.9 Å². The Labute approximate surface area is 98.0 Å². The zero-order chi connectivity index (χ0) is 12.3. The van der Waals surface area contributed by atoms with Gasteiger partial charge in [-0.1, -0.05) is 0 Å². The molecule has 1 fully saturated rings. The number of thioether (sulfide) groups is 1. The largest absolute Gasteiger partial charge is 0.394 e. The Morgan fingerprint density at radius 3 is 2.50 bits per heavy atom. The first kappa shape index (κ1) is 13.7. The van der Waals surface area contributed by atoms with Crippen molar-refractivity contribution in [3.8, 4) is 0 Å². The quantitative estimate of drug-likeness (QED) is 0.477. The van der Waals surface area contributed by atoms with Crippen molar-refractivity contribution in [1.82, 2.24) is 5.32 Å². The predicted octanol–water partition coefficient (Wildman–Crippen LogP) is -1.71. The maximum Gasteiger partial charge on any atom is 0.217 e. The van der Waals surface area contributed by atoms with Gasteiger partial charge in [-0.15, -0.1) is 11.8 Å². The molecule has 0 aliphatic carbocycles. The molecule has 1 amide bonds. The number of hydrogen-bond donors (Lipinski definition) is 4. The van der Waals surface area contributed by atoms with E-state index in [1.165, 1.54) is 18.7 Å². The summed E-state index contributed by atoms with van der Waals surface area (Å²) in [7, 11) is 0. The van der Waals surface area contributed by atoms with Gasteiger partial charge < -0.3 is 25.4 Å². The van der Waals surface area contributed by atoms with Crippen molar-refractivity contribution in [3.05, 3.63) is 0 Å². The molecule has 0 saturated carbocycles. The molecule has 16 heavy (non-hydrogen) atoms. The highest BCUT2D eigenvalue weighted by Crippen LogP contribution is 2.26. The molecule has 1 unspecified atom stereocenters. The standard InChI is InChI=1S/C9H17NO5S/c1-4(12)10-6-8(14)7(13)5(3-11)15-9(6)16-2/h5-9,11,13-14H,3H2,1-2H3,(H,10,12)/t5-,6-,7+,8-,9?/m1/s1. The number of carbonyl (C=O) groups excluding carboxylic acids is 1. The predicted molar refractivity (Wildman–Crippen MR) is 58.9 cm³/mol. The van der Waals surface area contributed by atoms with Gasteiger partial charge in [-0.05, 0) is 6.26 Å². The van der Waals surface area contributed by atoms with E-state index in [4.69, 9.17) is 9.84 Å². The van der Waals surface area contributed by atoms with Gasteiger partial charge in [0.25, 0.3) is 0 Å². The van der Waals surface area contributed by atoms with Crippen LogP contribution in [0.2, 0.25) is 0 Å². The highest BCUT2D eigenvalue weighted by Gasteiger charge is 2.44. The molecule has 1 saturated heterocycles. The highest BCUT2D eigenvalue weighted by atomic mass is 32.2. The van der Waals surface area contributed by atoms with E-state index in [2.05, 4.69) is 5.32 Å². The molecule has 0 radical (unpaired) electrons. The van der Waals surface area contributed by atoms with Gasteiger partial charge in [0, 0.05) is 6.92 Å². The molecule has 7 heteroatoms. The zero-order valence-electron chi connectivity index (χ0n) is 9.16. The molecular weight excluding hydrogens is 234 g/mol. The number of amides is 1. The summed E-state index contributed by atoms with van der Waals surface area (Å²) in [6.45, 7) is 0.955. The van der Waals surface area contributed by atoms with Crippen molar-refractivity contribution in [2.75, 3.05) is 12.9 Å². The molecule has 1 heterocycles. The van der Waals surface area contributed by atoms with Crippen molar-refractivity contribution >= 4 is 17.7 Å². The van der Waals surface area contributed by atoms with Crippen molar-refractivity contribution in [3.63, 3.8) is 0 Å². The normalized spacial score (nSPS) is 39.4. The van der Waals surface area contributed by atoms with E-state index >= 15 is 0 Å². The third-order valence-corrected chi connectivity index (χ3v) is 3.35. The van der Waals surface area contributed by atoms with E-state index < -0.39 is 29.8 Å². The molecule has 1 rings (SSSR count). The lowest BCUT2D eigenvalue weighted by Crippen LogP contribution is -2.63. The van der Waals surface area contributed by atoms with E-state index in [-0.39, 0.29) is 12.5 Å². The average molecular weight is 251 g/mol. The number of carbonyl (C=O) groups is 1. The second-order valence-corrected chi connectivity index (χ2v) is 4.60. The van der Waals surface area contributed by atoms with E-state index in [0.717, 1.165) is 0 Å². The lowest BCUT2D eigenvalue weighted by Gasteiger charge is -2.41. The monoisotopic (exact) mass is 251 g/mol. The zero-order valence-corrected chi connectivity index (χ0v) is 9.98. The molecule has 1 aliphatic rings. The number of ether oxygens (including phenoxy) is 1. The molecule has 0 aromatic carbocycles. The fourth-order valence-corrected chi connectivity index (χ4v) is 2.45. The molecule has 0 aromatic heterocycles. The first-order chi connectivity index (χ1) is 7.51. The Morgan fingerprint density at radius 2 is 2.06 bits per heavy atom. The average Bonchev–Trinajstić information content (AvgIpc) is 2.25. The minimum Gasteiger partial charge on any atom is -0.394 e. The summed E-state index contributed by atoms with van der Waals surface area (Å²) in [5.74, 6) is -0.304. The van der Waals surface area contributed by atoms with Gasteiger partial charge in [0.05, 0.1) is 12.6 Å². The van der Waals surface area contributed by atoms with E-state index in [1.807, 2.05) is 0 Å². The van der Waals surface area contributed by atoms with Crippen LogP contribution in [0.5, 0.6) is 0 Å². The van der Waals surface area contributed by atoms with Crippen molar-refractivity contribution in [2.24, 2.45) is 0 Å². The van der Waals surface area contributed by atoms with E-state index in [0.29, 0.717) is 0 Å². The van der Waals surface area contributed by atoms with Crippen molar-refractivity contribution in [2.45, 2.75) is 36.7 Å².